The average Bonchev–Trinajstić information content (AvgIpc) is 2.46. The third kappa shape index (κ3) is 4.04. The van der Waals surface area contributed by atoms with Crippen molar-refractivity contribution in [3.8, 4) is 0 Å². The molecule has 4 nitrogen and oxygen atoms in total. The van der Waals surface area contributed by atoms with Crippen molar-refractivity contribution in [2.75, 3.05) is 13.6 Å². The monoisotopic (exact) mass is 299 g/mol. The highest BCUT2D eigenvalue weighted by Crippen LogP contribution is 2.22. The fourth-order valence-electron chi connectivity index (χ4n) is 2.10. The van der Waals surface area contributed by atoms with Crippen LogP contribution >= 0.6 is 0 Å². The molecule has 1 aromatic carbocycles. The average molecular weight is 299 g/mol. The van der Waals surface area contributed by atoms with Crippen molar-refractivity contribution in [1.29, 1.82) is 0 Å². The van der Waals surface area contributed by atoms with E-state index in [-0.39, 0.29) is 6.61 Å². The molecule has 0 aromatic heterocycles. The lowest BCUT2D eigenvalue weighted by molar-refractivity contribution is 0.281. The smallest absolute Gasteiger partial charge is 0.243 e. The molecule has 0 atom stereocenters. The van der Waals surface area contributed by atoms with E-state index in [0.29, 0.717) is 23.4 Å². The largest absolute Gasteiger partial charge is 0.392 e. The van der Waals surface area contributed by atoms with Gasteiger partial charge < -0.3 is 5.11 Å². The summed E-state index contributed by atoms with van der Waals surface area (Å²) in [6.45, 7) is 4.41. The summed E-state index contributed by atoms with van der Waals surface area (Å²) >= 11 is 0. The summed E-state index contributed by atoms with van der Waals surface area (Å²) < 4.78 is 26.7. The maximum Gasteiger partial charge on any atom is 0.243 e. The predicted molar refractivity (Wildman–Crippen MR) is 81.1 cm³/mol. The lowest BCUT2D eigenvalue weighted by atomic mass is 10.1. The quantitative estimate of drug-likeness (QED) is 0.751. The Morgan fingerprint density at radius 3 is 2.45 bits per heavy atom. The fraction of sp³-hybridized carbons (Fsp3) is 0.600. The number of sulfonamides is 1. The van der Waals surface area contributed by atoms with Gasteiger partial charge in [-0.25, -0.2) is 12.7 Å². The van der Waals surface area contributed by atoms with Gasteiger partial charge in [-0.15, -0.1) is 0 Å². The Morgan fingerprint density at radius 1 is 1.20 bits per heavy atom. The second-order valence-electron chi connectivity index (χ2n) is 4.99. The third-order valence-corrected chi connectivity index (χ3v) is 5.40. The predicted octanol–water partition coefficient (Wildman–Crippen LogP) is 2.55. The summed E-state index contributed by atoms with van der Waals surface area (Å²) in [6.07, 6.45) is 3.61. The van der Waals surface area contributed by atoms with Crippen molar-refractivity contribution in [1.82, 2.24) is 4.31 Å². The first kappa shape index (κ1) is 17.1. The molecule has 1 rings (SSSR count). The van der Waals surface area contributed by atoms with Gasteiger partial charge in [0.25, 0.3) is 0 Å². The van der Waals surface area contributed by atoms with Crippen molar-refractivity contribution in [3.05, 3.63) is 29.3 Å². The maximum atomic E-state index is 12.6. The molecule has 0 bridgehead atoms. The van der Waals surface area contributed by atoms with Gasteiger partial charge in [0.2, 0.25) is 10.0 Å². The van der Waals surface area contributed by atoms with Crippen LogP contribution < -0.4 is 0 Å². The molecule has 0 aliphatic rings. The van der Waals surface area contributed by atoms with Crippen molar-refractivity contribution in [2.45, 2.75) is 51.0 Å². The van der Waals surface area contributed by atoms with E-state index in [1.54, 1.807) is 25.2 Å². The van der Waals surface area contributed by atoms with E-state index in [1.165, 1.54) is 4.31 Å². The van der Waals surface area contributed by atoms with E-state index >= 15 is 0 Å². The van der Waals surface area contributed by atoms with E-state index in [2.05, 4.69) is 6.92 Å². The summed E-state index contributed by atoms with van der Waals surface area (Å²) in [4.78, 5) is 0.325. The Morgan fingerprint density at radius 2 is 1.90 bits per heavy atom. The zero-order valence-corrected chi connectivity index (χ0v) is 13.4. The lowest BCUT2D eigenvalue weighted by Gasteiger charge is -2.19. The number of aryl methyl sites for hydroxylation is 1. The highest BCUT2D eigenvalue weighted by Gasteiger charge is 2.23. The normalized spacial score (nSPS) is 12.1. The van der Waals surface area contributed by atoms with Crippen molar-refractivity contribution >= 4 is 10.0 Å². The molecule has 0 fully saturated rings. The number of aliphatic hydroxyl groups excluding tert-OH is 1. The van der Waals surface area contributed by atoms with Crippen LogP contribution in [0, 0.1) is 0 Å². The molecule has 0 spiro atoms. The van der Waals surface area contributed by atoms with Gasteiger partial charge in [0.05, 0.1) is 11.5 Å². The molecule has 20 heavy (non-hydrogen) atoms. The van der Waals surface area contributed by atoms with Gasteiger partial charge in [-0.1, -0.05) is 38.8 Å². The summed E-state index contributed by atoms with van der Waals surface area (Å²) in [5, 5.41) is 9.19. The summed E-state index contributed by atoms with van der Waals surface area (Å²) in [5.41, 5.74) is 1.42. The van der Waals surface area contributed by atoms with E-state index in [9.17, 15) is 13.5 Å². The van der Waals surface area contributed by atoms with Crippen LogP contribution in [0.2, 0.25) is 0 Å². The first-order chi connectivity index (χ1) is 9.47. The standard InChI is InChI=1S/C15H25NO3S/c1-4-6-7-10-16(3)20(18,19)15-11-13(12-17)8-9-14(15)5-2/h8-9,11,17H,4-7,10,12H2,1-3H3. The van der Waals surface area contributed by atoms with Crippen LogP contribution in [0.3, 0.4) is 0 Å². The highest BCUT2D eigenvalue weighted by molar-refractivity contribution is 7.89. The van der Waals surface area contributed by atoms with Crippen LogP contribution in [0.15, 0.2) is 23.1 Å². The van der Waals surface area contributed by atoms with E-state index in [4.69, 9.17) is 0 Å². The Bertz CT molecular complexity index is 526. The molecule has 0 aliphatic heterocycles. The molecular weight excluding hydrogens is 274 g/mol. The second-order valence-corrected chi connectivity index (χ2v) is 7.00. The van der Waals surface area contributed by atoms with Gasteiger partial charge in [-0.05, 0) is 30.0 Å². The van der Waals surface area contributed by atoms with Crippen LogP contribution in [0.1, 0.15) is 44.2 Å². The molecule has 0 saturated heterocycles. The van der Waals surface area contributed by atoms with Crippen LogP contribution in [0.5, 0.6) is 0 Å². The van der Waals surface area contributed by atoms with Gasteiger partial charge in [-0.2, -0.15) is 0 Å². The number of hydrogen-bond donors (Lipinski definition) is 1. The number of aliphatic hydroxyl groups is 1. The van der Waals surface area contributed by atoms with Gasteiger partial charge in [0.1, 0.15) is 0 Å². The Balaban J connectivity index is 3.06. The van der Waals surface area contributed by atoms with Crippen molar-refractivity contribution in [2.24, 2.45) is 0 Å². The fourth-order valence-corrected chi connectivity index (χ4v) is 3.65. The molecule has 0 aliphatic carbocycles. The SMILES string of the molecule is CCCCCN(C)S(=O)(=O)c1cc(CO)ccc1CC. The highest BCUT2D eigenvalue weighted by atomic mass is 32.2. The van der Waals surface area contributed by atoms with Crippen molar-refractivity contribution < 1.29 is 13.5 Å². The molecule has 0 radical (unpaired) electrons. The van der Waals surface area contributed by atoms with Gasteiger partial charge in [0, 0.05) is 13.6 Å². The molecule has 1 N–H and O–H groups in total. The number of hydrogen-bond acceptors (Lipinski definition) is 3. The minimum atomic E-state index is -3.47. The molecule has 0 heterocycles. The van der Waals surface area contributed by atoms with Gasteiger partial charge in [-0.3, -0.25) is 0 Å². The van der Waals surface area contributed by atoms with E-state index in [0.717, 1.165) is 24.8 Å². The molecular formula is C15H25NO3S. The van der Waals surface area contributed by atoms with Crippen LogP contribution in [0.4, 0.5) is 0 Å². The minimum absolute atomic E-state index is 0.147. The lowest BCUT2D eigenvalue weighted by Crippen LogP contribution is -2.29. The number of rotatable bonds is 8. The molecule has 5 heteroatoms. The molecule has 0 amide bonds. The minimum Gasteiger partial charge on any atom is -0.392 e. The topological polar surface area (TPSA) is 57.6 Å². The maximum absolute atomic E-state index is 12.6. The molecule has 0 saturated carbocycles. The number of unbranched alkanes of at least 4 members (excludes halogenated alkanes) is 2. The second kappa shape index (κ2) is 7.76. The van der Waals surface area contributed by atoms with Gasteiger partial charge >= 0.3 is 0 Å². The Kier molecular flexibility index (Phi) is 6.65. The molecule has 0 unspecified atom stereocenters. The van der Waals surface area contributed by atoms with E-state index in [1.807, 2.05) is 6.92 Å². The first-order valence-electron chi connectivity index (χ1n) is 7.16. The third-order valence-electron chi connectivity index (χ3n) is 3.46. The summed E-state index contributed by atoms with van der Waals surface area (Å²) in [6, 6.07) is 5.15. The molecule has 1 aromatic rings. The van der Waals surface area contributed by atoms with Crippen molar-refractivity contribution in [3.63, 3.8) is 0 Å². The van der Waals surface area contributed by atoms with Crippen LogP contribution in [-0.2, 0) is 23.1 Å². The van der Waals surface area contributed by atoms with Crippen LogP contribution in [0.25, 0.3) is 0 Å². The zero-order valence-electron chi connectivity index (χ0n) is 12.6. The van der Waals surface area contributed by atoms with Gasteiger partial charge in [0.15, 0.2) is 0 Å². The Hall–Kier alpha value is -0.910. The van der Waals surface area contributed by atoms with Crippen LogP contribution in [-0.4, -0.2) is 31.4 Å². The summed E-state index contributed by atoms with van der Waals surface area (Å²) in [5.74, 6) is 0. The first-order valence-corrected chi connectivity index (χ1v) is 8.60. The number of benzene rings is 1. The zero-order chi connectivity index (χ0) is 15.2. The number of nitrogens with zero attached hydrogens (tertiary/aromatic N) is 1. The van der Waals surface area contributed by atoms with E-state index < -0.39 is 10.0 Å². The summed E-state index contributed by atoms with van der Waals surface area (Å²) in [7, 11) is -1.85. The molecule has 114 valence electrons. The Labute approximate surface area is 122 Å².